The Balaban J connectivity index is 3.76. The average molecular weight is 244 g/mol. The Kier molecular flexibility index (Phi) is 5.57. The number of rotatable bonds is 7. The smallest absolute Gasteiger partial charge is 0.212 e. The van der Waals surface area contributed by atoms with Gasteiger partial charge in [-0.1, -0.05) is 0 Å². The fraction of sp³-hybridized carbons (Fsp3) is 1.00. The maximum absolute atomic E-state index is 11.0. The van der Waals surface area contributed by atoms with Gasteiger partial charge in [0.25, 0.3) is 0 Å². The van der Waals surface area contributed by atoms with Crippen LogP contribution in [0, 0.1) is 0 Å². The molecule has 0 aliphatic heterocycles. The van der Waals surface area contributed by atoms with Gasteiger partial charge in [0, 0.05) is 19.3 Å². The zero-order valence-corrected chi connectivity index (χ0v) is 9.70. The molecule has 0 atom stereocenters. The van der Waals surface area contributed by atoms with Crippen LogP contribution in [0.4, 0.5) is 0 Å². The third-order valence-electron chi connectivity index (χ3n) is 1.40. The van der Waals surface area contributed by atoms with Crippen molar-refractivity contribution >= 4 is 19.9 Å². The normalized spacial score (nSPS) is 13.0. The van der Waals surface area contributed by atoms with Crippen LogP contribution in [0.25, 0.3) is 0 Å². The summed E-state index contributed by atoms with van der Waals surface area (Å²) in [6.07, 6.45) is 1.39. The predicted molar refractivity (Wildman–Crippen MR) is 55.2 cm³/mol. The van der Waals surface area contributed by atoms with Crippen molar-refractivity contribution in [3.63, 3.8) is 0 Å². The fourth-order valence-corrected chi connectivity index (χ4v) is 2.37. The quantitative estimate of drug-likeness (QED) is 0.519. The van der Waals surface area contributed by atoms with Gasteiger partial charge >= 0.3 is 0 Å². The first kappa shape index (κ1) is 13.8. The van der Waals surface area contributed by atoms with Crippen LogP contribution in [0.1, 0.15) is 6.42 Å². The van der Waals surface area contributed by atoms with Gasteiger partial charge in [0.2, 0.25) is 10.0 Å². The summed E-state index contributed by atoms with van der Waals surface area (Å²) in [5, 5.41) is 0. The molecule has 0 amide bonds. The molecular formula is C6H16N2O4S2. The molecule has 0 aliphatic carbocycles. The maximum Gasteiger partial charge on any atom is 0.212 e. The van der Waals surface area contributed by atoms with Crippen molar-refractivity contribution in [2.75, 3.05) is 30.9 Å². The van der Waals surface area contributed by atoms with Crippen molar-refractivity contribution in [2.24, 2.45) is 5.73 Å². The van der Waals surface area contributed by atoms with Crippen LogP contribution in [-0.4, -0.2) is 47.7 Å². The molecule has 0 rings (SSSR count). The largest absolute Gasteiger partial charge is 0.329 e. The SMILES string of the molecule is CS(=O)(=O)CCCNS(=O)(=O)CCN. The zero-order chi connectivity index (χ0) is 11.2. The monoisotopic (exact) mass is 244 g/mol. The van der Waals surface area contributed by atoms with E-state index >= 15 is 0 Å². The molecule has 14 heavy (non-hydrogen) atoms. The molecule has 0 aliphatic rings. The second kappa shape index (κ2) is 5.64. The molecule has 0 radical (unpaired) electrons. The first-order valence-corrected chi connectivity index (χ1v) is 7.83. The Bertz CT molecular complexity index is 346. The van der Waals surface area contributed by atoms with Gasteiger partial charge in [0.05, 0.1) is 11.5 Å². The number of sulfonamides is 1. The van der Waals surface area contributed by atoms with Crippen LogP contribution in [-0.2, 0) is 19.9 Å². The van der Waals surface area contributed by atoms with E-state index in [4.69, 9.17) is 5.73 Å². The molecular weight excluding hydrogens is 228 g/mol. The van der Waals surface area contributed by atoms with Gasteiger partial charge in [-0.3, -0.25) is 0 Å². The van der Waals surface area contributed by atoms with Gasteiger partial charge in [-0.15, -0.1) is 0 Å². The van der Waals surface area contributed by atoms with E-state index in [2.05, 4.69) is 4.72 Å². The number of sulfone groups is 1. The van der Waals surface area contributed by atoms with Gasteiger partial charge in [-0.2, -0.15) is 0 Å². The maximum atomic E-state index is 11.0. The van der Waals surface area contributed by atoms with Gasteiger partial charge in [-0.25, -0.2) is 21.6 Å². The Morgan fingerprint density at radius 3 is 2.14 bits per heavy atom. The van der Waals surface area contributed by atoms with Crippen LogP contribution in [0.15, 0.2) is 0 Å². The minimum atomic E-state index is -3.32. The summed E-state index contributed by atoms with van der Waals surface area (Å²) in [5.41, 5.74) is 5.07. The molecule has 0 fully saturated rings. The molecule has 0 saturated heterocycles. The highest BCUT2D eigenvalue weighted by Crippen LogP contribution is 1.89. The van der Waals surface area contributed by atoms with Crippen molar-refractivity contribution in [1.82, 2.24) is 4.72 Å². The number of nitrogens with two attached hydrogens (primary N) is 1. The lowest BCUT2D eigenvalue weighted by Gasteiger charge is -2.04. The molecule has 0 spiro atoms. The van der Waals surface area contributed by atoms with Crippen molar-refractivity contribution in [1.29, 1.82) is 0 Å². The van der Waals surface area contributed by atoms with Crippen LogP contribution in [0.2, 0.25) is 0 Å². The van der Waals surface area contributed by atoms with Gasteiger partial charge in [0.15, 0.2) is 0 Å². The molecule has 3 N–H and O–H groups in total. The molecule has 0 aromatic heterocycles. The lowest BCUT2D eigenvalue weighted by Crippen LogP contribution is -2.31. The highest BCUT2D eigenvalue weighted by atomic mass is 32.2. The minimum Gasteiger partial charge on any atom is -0.329 e. The van der Waals surface area contributed by atoms with E-state index in [1.54, 1.807) is 0 Å². The Morgan fingerprint density at radius 1 is 1.14 bits per heavy atom. The molecule has 86 valence electrons. The highest BCUT2D eigenvalue weighted by molar-refractivity contribution is 7.90. The van der Waals surface area contributed by atoms with E-state index in [-0.39, 0.29) is 31.0 Å². The van der Waals surface area contributed by atoms with Crippen LogP contribution in [0.5, 0.6) is 0 Å². The molecule has 0 saturated carbocycles. The molecule has 0 aromatic rings. The van der Waals surface area contributed by atoms with E-state index < -0.39 is 19.9 Å². The third kappa shape index (κ3) is 8.42. The third-order valence-corrected chi connectivity index (χ3v) is 3.85. The zero-order valence-electron chi connectivity index (χ0n) is 8.06. The van der Waals surface area contributed by atoms with Gasteiger partial charge in [-0.05, 0) is 6.42 Å². The summed E-state index contributed by atoms with van der Waals surface area (Å²) in [7, 11) is -6.33. The molecule has 0 unspecified atom stereocenters. The van der Waals surface area contributed by atoms with Crippen molar-refractivity contribution in [3.8, 4) is 0 Å². The summed E-state index contributed by atoms with van der Waals surface area (Å²) in [6.45, 7) is 0.191. The standard InChI is InChI=1S/C6H16N2O4S2/c1-13(9,10)5-2-4-8-14(11,12)6-3-7/h8H,2-7H2,1H3. The second-order valence-electron chi connectivity index (χ2n) is 2.99. The summed E-state index contributed by atoms with van der Waals surface area (Å²) in [5.74, 6) is -0.149. The van der Waals surface area contributed by atoms with E-state index in [0.717, 1.165) is 6.26 Å². The number of nitrogens with one attached hydrogen (secondary N) is 1. The van der Waals surface area contributed by atoms with E-state index in [0.29, 0.717) is 0 Å². The van der Waals surface area contributed by atoms with E-state index in [1.165, 1.54) is 0 Å². The van der Waals surface area contributed by atoms with Crippen LogP contribution in [0.3, 0.4) is 0 Å². The van der Waals surface area contributed by atoms with Crippen LogP contribution < -0.4 is 10.5 Å². The van der Waals surface area contributed by atoms with Gasteiger partial charge in [0.1, 0.15) is 9.84 Å². The average Bonchev–Trinajstić information content (AvgIpc) is 1.96. The van der Waals surface area contributed by atoms with E-state index in [1.807, 2.05) is 0 Å². The summed E-state index contributed by atoms with van der Waals surface area (Å²) < 4.78 is 45.7. The summed E-state index contributed by atoms with van der Waals surface area (Å²) in [4.78, 5) is 0. The lowest BCUT2D eigenvalue weighted by molar-refractivity contribution is 0.577. The van der Waals surface area contributed by atoms with Gasteiger partial charge < -0.3 is 5.73 Å². The molecule has 6 nitrogen and oxygen atoms in total. The van der Waals surface area contributed by atoms with Crippen LogP contribution >= 0.6 is 0 Å². The first-order chi connectivity index (χ1) is 6.27. The Hall–Kier alpha value is -0.180. The molecule has 0 aromatic carbocycles. The van der Waals surface area contributed by atoms with Crippen molar-refractivity contribution < 1.29 is 16.8 Å². The molecule has 8 heteroatoms. The van der Waals surface area contributed by atoms with Crippen molar-refractivity contribution in [3.05, 3.63) is 0 Å². The summed E-state index contributed by atoms with van der Waals surface area (Å²) in [6, 6.07) is 0. The lowest BCUT2D eigenvalue weighted by atomic mass is 10.5. The Labute approximate surface area is 84.8 Å². The fourth-order valence-electron chi connectivity index (χ4n) is 0.789. The van der Waals surface area contributed by atoms with Crippen molar-refractivity contribution in [2.45, 2.75) is 6.42 Å². The summed E-state index contributed by atoms with van der Waals surface area (Å²) >= 11 is 0. The minimum absolute atomic E-state index is 0.0157. The Morgan fingerprint density at radius 2 is 1.71 bits per heavy atom. The number of hydrogen-bond donors (Lipinski definition) is 2. The molecule has 0 bridgehead atoms. The first-order valence-electron chi connectivity index (χ1n) is 4.12. The number of hydrogen-bond acceptors (Lipinski definition) is 5. The highest BCUT2D eigenvalue weighted by Gasteiger charge is 2.08. The predicted octanol–water partition coefficient (Wildman–Crippen LogP) is -1.70. The van der Waals surface area contributed by atoms with E-state index in [9.17, 15) is 16.8 Å². The molecule has 0 heterocycles. The topological polar surface area (TPSA) is 106 Å². The second-order valence-corrected chi connectivity index (χ2v) is 7.17.